The highest BCUT2D eigenvalue weighted by atomic mass is 35.5. The fourth-order valence-corrected chi connectivity index (χ4v) is 3.44. The average molecular weight is 447 g/mol. The lowest BCUT2D eigenvalue weighted by Crippen LogP contribution is -2.14. The summed E-state index contributed by atoms with van der Waals surface area (Å²) in [6.07, 6.45) is 3.69. The maximum atomic E-state index is 12.5. The molecule has 1 amide bonds. The largest absolute Gasteiger partial charge is 0.342 e. The predicted molar refractivity (Wildman–Crippen MR) is 117 cm³/mol. The number of anilines is 2. The third kappa shape index (κ3) is 4.19. The van der Waals surface area contributed by atoms with E-state index in [1.54, 1.807) is 42.7 Å². The van der Waals surface area contributed by atoms with Gasteiger partial charge in [-0.15, -0.1) is 0 Å². The molecule has 0 spiro atoms. The van der Waals surface area contributed by atoms with Crippen molar-refractivity contribution in [2.24, 2.45) is 4.99 Å². The number of amidine groups is 1. The Labute approximate surface area is 182 Å². The van der Waals surface area contributed by atoms with Crippen LogP contribution in [0.25, 0.3) is 0 Å². The topological polar surface area (TPSA) is 79.3 Å². The van der Waals surface area contributed by atoms with E-state index in [1.165, 1.54) is 0 Å². The Morgan fingerprint density at radius 1 is 1.10 bits per heavy atom. The molecule has 2 N–H and O–H groups in total. The number of hydrogen-bond donors (Lipinski definition) is 2. The molecule has 146 valence electrons. The van der Waals surface area contributed by atoms with Crippen molar-refractivity contribution in [3.8, 4) is 0 Å². The van der Waals surface area contributed by atoms with Gasteiger partial charge in [0.25, 0.3) is 5.91 Å². The molecule has 1 aliphatic rings. The van der Waals surface area contributed by atoms with Gasteiger partial charge in [-0.2, -0.15) is 0 Å². The first-order valence-corrected chi connectivity index (χ1v) is 9.75. The van der Waals surface area contributed by atoms with Crippen LogP contribution in [0.4, 0.5) is 17.2 Å². The quantitative estimate of drug-likeness (QED) is 0.541. The van der Waals surface area contributed by atoms with E-state index in [2.05, 4.69) is 25.6 Å². The number of amides is 1. The smallest absolute Gasteiger partial charge is 0.275 e. The SMILES string of the molecule is Cc1cnc(NC(=O)c2cc3c(cn2)NC(=Nc2c(Cl)cccc2Cl)C3)cc1Cl. The molecule has 0 aliphatic carbocycles. The summed E-state index contributed by atoms with van der Waals surface area (Å²) < 4.78 is 0. The van der Waals surface area contributed by atoms with Gasteiger partial charge in [0.2, 0.25) is 0 Å². The second kappa shape index (κ2) is 7.99. The summed E-state index contributed by atoms with van der Waals surface area (Å²) >= 11 is 18.4. The van der Waals surface area contributed by atoms with Crippen LogP contribution < -0.4 is 10.6 Å². The minimum Gasteiger partial charge on any atom is -0.342 e. The molecule has 0 fully saturated rings. The van der Waals surface area contributed by atoms with Crippen LogP contribution in [-0.2, 0) is 6.42 Å². The maximum Gasteiger partial charge on any atom is 0.275 e. The van der Waals surface area contributed by atoms with Gasteiger partial charge in [0.05, 0.1) is 21.9 Å². The number of para-hydroxylation sites is 1. The number of nitrogens with one attached hydrogen (secondary N) is 2. The summed E-state index contributed by atoms with van der Waals surface area (Å²) in [5, 5.41) is 7.33. The van der Waals surface area contributed by atoms with Crippen molar-refractivity contribution in [1.29, 1.82) is 0 Å². The lowest BCUT2D eigenvalue weighted by molar-refractivity contribution is 0.102. The number of carbonyl (C=O) groups is 1. The van der Waals surface area contributed by atoms with Gasteiger partial charge in [0, 0.05) is 17.6 Å². The number of aromatic nitrogens is 2. The molecule has 1 aliphatic heterocycles. The van der Waals surface area contributed by atoms with Gasteiger partial charge in [-0.25, -0.2) is 15.0 Å². The molecule has 0 atom stereocenters. The van der Waals surface area contributed by atoms with E-state index in [0.717, 1.165) is 16.8 Å². The number of pyridine rings is 2. The number of aliphatic imine (C=N–C) groups is 1. The van der Waals surface area contributed by atoms with Crippen LogP contribution in [-0.4, -0.2) is 21.7 Å². The van der Waals surface area contributed by atoms with Gasteiger partial charge in [0.1, 0.15) is 23.0 Å². The molecular formula is C20H14Cl3N5O. The van der Waals surface area contributed by atoms with Crippen LogP contribution in [0.3, 0.4) is 0 Å². The van der Waals surface area contributed by atoms with E-state index in [0.29, 0.717) is 38.8 Å². The molecule has 0 radical (unpaired) electrons. The molecule has 3 aromatic rings. The molecule has 0 saturated carbocycles. The van der Waals surface area contributed by atoms with Crippen molar-refractivity contribution < 1.29 is 4.79 Å². The van der Waals surface area contributed by atoms with Gasteiger partial charge in [-0.3, -0.25) is 4.79 Å². The van der Waals surface area contributed by atoms with E-state index in [4.69, 9.17) is 34.8 Å². The predicted octanol–water partition coefficient (Wildman–Crippen LogP) is 5.70. The monoisotopic (exact) mass is 445 g/mol. The van der Waals surface area contributed by atoms with Crippen LogP contribution in [0.5, 0.6) is 0 Å². The highest BCUT2D eigenvalue weighted by molar-refractivity contribution is 6.39. The van der Waals surface area contributed by atoms with Gasteiger partial charge < -0.3 is 10.6 Å². The van der Waals surface area contributed by atoms with Crippen molar-refractivity contribution in [3.63, 3.8) is 0 Å². The van der Waals surface area contributed by atoms with Crippen molar-refractivity contribution in [3.05, 3.63) is 74.6 Å². The Kier molecular flexibility index (Phi) is 5.41. The highest BCUT2D eigenvalue weighted by Gasteiger charge is 2.20. The summed E-state index contributed by atoms with van der Waals surface area (Å²) in [7, 11) is 0. The van der Waals surface area contributed by atoms with Gasteiger partial charge >= 0.3 is 0 Å². The zero-order chi connectivity index (χ0) is 20.5. The fraction of sp³-hybridized carbons (Fsp3) is 0.100. The summed E-state index contributed by atoms with van der Waals surface area (Å²) in [5.74, 6) is 0.655. The Hall–Kier alpha value is -2.67. The average Bonchev–Trinajstić information content (AvgIpc) is 3.09. The summed E-state index contributed by atoms with van der Waals surface area (Å²) in [6.45, 7) is 1.84. The zero-order valence-electron chi connectivity index (χ0n) is 15.1. The molecule has 4 rings (SSSR count). The van der Waals surface area contributed by atoms with Crippen LogP contribution >= 0.6 is 34.8 Å². The van der Waals surface area contributed by atoms with Crippen molar-refractivity contribution >= 4 is 63.7 Å². The van der Waals surface area contributed by atoms with E-state index in [9.17, 15) is 4.79 Å². The standard InChI is InChI=1S/C20H14Cl3N5O/c1-10-8-25-17(7-14(10)23)28-20(29)15-5-11-6-18(26-16(11)9-24-15)27-19-12(21)3-2-4-13(19)22/h2-5,7-9H,6H2,1H3,(H,26,27)(H,25,28,29). The number of benzene rings is 1. The third-order valence-electron chi connectivity index (χ3n) is 4.32. The van der Waals surface area contributed by atoms with E-state index < -0.39 is 0 Å². The number of aryl methyl sites for hydroxylation is 1. The number of nitrogens with zero attached hydrogens (tertiary/aromatic N) is 3. The van der Waals surface area contributed by atoms with Crippen molar-refractivity contribution in [2.45, 2.75) is 13.3 Å². The zero-order valence-corrected chi connectivity index (χ0v) is 17.4. The van der Waals surface area contributed by atoms with Gasteiger partial charge in [0.15, 0.2) is 0 Å². The number of halogens is 3. The third-order valence-corrected chi connectivity index (χ3v) is 5.34. The minimum atomic E-state index is -0.375. The van der Waals surface area contributed by atoms with Gasteiger partial charge in [-0.05, 0) is 42.3 Å². The summed E-state index contributed by atoms with van der Waals surface area (Å²) in [5.41, 5.74) is 3.26. The number of rotatable bonds is 3. The van der Waals surface area contributed by atoms with Crippen molar-refractivity contribution in [2.75, 3.05) is 10.6 Å². The summed E-state index contributed by atoms with van der Waals surface area (Å²) in [6, 6.07) is 8.52. The molecule has 0 saturated heterocycles. The Morgan fingerprint density at radius 3 is 2.59 bits per heavy atom. The molecule has 2 aromatic heterocycles. The fourth-order valence-electron chi connectivity index (χ4n) is 2.81. The molecule has 29 heavy (non-hydrogen) atoms. The molecule has 6 nitrogen and oxygen atoms in total. The van der Waals surface area contributed by atoms with Crippen LogP contribution in [0.1, 0.15) is 21.6 Å². The molecule has 0 bridgehead atoms. The Bertz CT molecular complexity index is 1140. The van der Waals surface area contributed by atoms with Crippen LogP contribution in [0.2, 0.25) is 15.1 Å². The molecule has 9 heteroatoms. The maximum absolute atomic E-state index is 12.5. The Balaban J connectivity index is 1.54. The van der Waals surface area contributed by atoms with Gasteiger partial charge in [-0.1, -0.05) is 40.9 Å². The first-order chi connectivity index (χ1) is 13.9. The molecule has 0 unspecified atom stereocenters. The highest BCUT2D eigenvalue weighted by Crippen LogP contribution is 2.34. The molecule has 1 aromatic carbocycles. The summed E-state index contributed by atoms with van der Waals surface area (Å²) in [4.78, 5) is 25.4. The number of fused-ring (bicyclic) bond motifs is 1. The van der Waals surface area contributed by atoms with Crippen LogP contribution in [0.15, 0.2) is 47.7 Å². The van der Waals surface area contributed by atoms with Crippen LogP contribution in [0, 0.1) is 6.92 Å². The number of carbonyl (C=O) groups excluding carboxylic acids is 1. The second-order valence-electron chi connectivity index (χ2n) is 6.43. The molecule has 3 heterocycles. The number of hydrogen-bond acceptors (Lipinski definition) is 4. The Morgan fingerprint density at radius 2 is 1.86 bits per heavy atom. The van der Waals surface area contributed by atoms with E-state index >= 15 is 0 Å². The minimum absolute atomic E-state index is 0.265. The first-order valence-electron chi connectivity index (χ1n) is 8.62. The second-order valence-corrected chi connectivity index (χ2v) is 7.65. The normalized spacial score (nSPS) is 13.9. The lowest BCUT2D eigenvalue weighted by atomic mass is 10.1. The lowest BCUT2D eigenvalue weighted by Gasteiger charge is -2.06. The van der Waals surface area contributed by atoms with E-state index in [-0.39, 0.29) is 11.6 Å². The first kappa shape index (κ1) is 19.6. The van der Waals surface area contributed by atoms with E-state index in [1.807, 2.05) is 6.92 Å². The van der Waals surface area contributed by atoms with Crippen molar-refractivity contribution in [1.82, 2.24) is 9.97 Å². The molecular weight excluding hydrogens is 433 g/mol.